The smallest absolute Gasteiger partial charge is 0.243 e. The molecule has 7 heteroatoms. The molecule has 5 nitrogen and oxygen atoms in total. The lowest BCUT2D eigenvalue weighted by atomic mass is 10.1. The Morgan fingerprint density at radius 3 is 2.52 bits per heavy atom. The summed E-state index contributed by atoms with van der Waals surface area (Å²) >= 11 is 2.97. The number of benzene rings is 2. The van der Waals surface area contributed by atoms with Crippen molar-refractivity contribution in [3.63, 3.8) is 0 Å². The van der Waals surface area contributed by atoms with Crippen LogP contribution < -0.4 is 10.6 Å². The van der Waals surface area contributed by atoms with Gasteiger partial charge in [-0.15, -0.1) is 11.3 Å². The zero-order valence-electron chi connectivity index (χ0n) is 15.4. The monoisotopic (exact) mass is 399 g/mol. The Bertz CT molecular complexity index is 931. The lowest BCUT2D eigenvalue weighted by Gasteiger charge is -2.13. The van der Waals surface area contributed by atoms with Crippen LogP contribution in [-0.2, 0) is 9.59 Å². The Labute approximate surface area is 166 Å². The van der Waals surface area contributed by atoms with Gasteiger partial charge in [0.25, 0.3) is 0 Å². The van der Waals surface area contributed by atoms with Crippen LogP contribution in [0.15, 0.2) is 46.8 Å². The summed E-state index contributed by atoms with van der Waals surface area (Å²) in [6.07, 6.45) is 0. The summed E-state index contributed by atoms with van der Waals surface area (Å²) < 4.78 is 1.94. The van der Waals surface area contributed by atoms with Gasteiger partial charge >= 0.3 is 0 Å². The van der Waals surface area contributed by atoms with E-state index in [1.165, 1.54) is 11.8 Å². The minimum Gasteiger partial charge on any atom is -0.346 e. The number of nitrogens with one attached hydrogen (secondary N) is 2. The van der Waals surface area contributed by atoms with E-state index in [4.69, 9.17) is 0 Å². The van der Waals surface area contributed by atoms with E-state index < -0.39 is 0 Å². The summed E-state index contributed by atoms with van der Waals surface area (Å²) in [5.41, 5.74) is 3.73. The topological polar surface area (TPSA) is 71.1 Å². The van der Waals surface area contributed by atoms with Crippen molar-refractivity contribution in [3.05, 3.63) is 53.6 Å². The van der Waals surface area contributed by atoms with E-state index in [0.717, 1.165) is 31.4 Å². The number of fused-ring (bicyclic) bond motifs is 1. The van der Waals surface area contributed by atoms with Crippen molar-refractivity contribution in [2.75, 3.05) is 11.9 Å². The highest BCUT2D eigenvalue weighted by atomic mass is 32.2. The number of carbonyl (C=O) groups is 2. The van der Waals surface area contributed by atoms with Gasteiger partial charge in [0.1, 0.15) is 0 Å². The molecule has 0 fully saturated rings. The molecule has 0 spiro atoms. The number of thioether (sulfide) groups is 1. The summed E-state index contributed by atoms with van der Waals surface area (Å²) in [6, 6.07) is 13.7. The van der Waals surface area contributed by atoms with E-state index >= 15 is 0 Å². The van der Waals surface area contributed by atoms with E-state index in [1.807, 2.05) is 63.2 Å². The van der Waals surface area contributed by atoms with Crippen molar-refractivity contribution in [1.82, 2.24) is 10.3 Å². The lowest BCUT2D eigenvalue weighted by Crippen LogP contribution is -2.37. The highest BCUT2D eigenvalue weighted by Gasteiger charge is 2.18. The van der Waals surface area contributed by atoms with Crippen LogP contribution in [0.3, 0.4) is 0 Å². The second kappa shape index (κ2) is 8.54. The SMILES string of the molecule is Cc1cccc(C)c1NC(=O)CNC(=O)[C@@H](C)Sc1nc2ccccc2s1. The van der Waals surface area contributed by atoms with Crippen molar-refractivity contribution in [1.29, 1.82) is 0 Å². The molecule has 2 aromatic carbocycles. The second-order valence-electron chi connectivity index (χ2n) is 6.24. The first-order valence-electron chi connectivity index (χ1n) is 8.60. The molecule has 0 bridgehead atoms. The van der Waals surface area contributed by atoms with Crippen molar-refractivity contribution in [2.24, 2.45) is 0 Å². The van der Waals surface area contributed by atoms with Crippen LogP contribution >= 0.6 is 23.1 Å². The van der Waals surface area contributed by atoms with Gasteiger partial charge in [-0.2, -0.15) is 0 Å². The number of thiazole rings is 1. The molecule has 1 atom stereocenters. The molecular formula is C20H21N3O2S2. The molecule has 3 rings (SSSR count). The zero-order chi connectivity index (χ0) is 19.4. The predicted molar refractivity (Wildman–Crippen MR) is 112 cm³/mol. The minimum absolute atomic E-state index is 0.0582. The van der Waals surface area contributed by atoms with Gasteiger partial charge in [0.2, 0.25) is 11.8 Å². The molecule has 2 amide bonds. The van der Waals surface area contributed by atoms with Gasteiger partial charge in [-0.25, -0.2) is 4.98 Å². The van der Waals surface area contributed by atoms with E-state index in [-0.39, 0.29) is 23.6 Å². The third-order valence-electron chi connectivity index (χ3n) is 4.09. The van der Waals surface area contributed by atoms with Crippen molar-refractivity contribution >= 4 is 50.8 Å². The number of amides is 2. The maximum absolute atomic E-state index is 12.3. The Kier molecular flexibility index (Phi) is 6.13. The molecule has 0 radical (unpaired) electrons. The van der Waals surface area contributed by atoms with Gasteiger partial charge in [-0.3, -0.25) is 9.59 Å². The molecule has 2 N–H and O–H groups in total. The van der Waals surface area contributed by atoms with Gasteiger partial charge in [0.15, 0.2) is 4.34 Å². The summed E-state index contributed by atoms with van der Waals surface area (Å²) in [5, 5.41) is 5.24. The molecule has 140 valence electrons. The van der Waals surface area contributed by atoms with Gasteiger partial charge in [0, 0.05) is 5.69 Å². The molecule has 0 aliphatic carbocycles. The molecule has 0 aliphatic rings. The average Bonchev–Trinajstić information content (AvgIpc) is 3.05. The largest absolute Gasteiger partial charge is 0.346 e. The van der Waals surface area contributed by atoms with E-state index in [0.29, 0.717) is 0 Å². The summed E-state index contributed by atoms with van der Waals surface area (Å²) in [7, 11) is 0. The summed E-state index contributed by atoms with van der Waals surface area (Å²) in [4.78, 5) is 29.0. The molecular weight excluding hydrogens is 378 g/mol. The van der Waals surface area contributed by atoms with Gasteiger partial charge in [-0.05, 0) is 44.0 Å². The number of nitrogens with zero attached hydrogens (tertiary/aromatic N) is 1. The van der Waals surface area contributed by atoms with E-state index in [2.05, 4.69) is 15.6 Å². The van der Waals surface area contributed by atoms with Crippen LogP contribution in [0.4, 0.5) is 5.69 Å². The first-order valence-corrected chi connectivity index (χ1v) is 10.3. The van der Waals surface area contributed by atoms with Crippen LogP contribution in [0.2, 0.25) is 0 Å². The first-order chi connectivity index (χ1) is 12.9. The van der Waals surface area contributed by atoms with Gasteiger partial charge < -0.3 is 10.6 Å². The van der Waals surface area contributed by atoms with E-state index in [9.17, 15) is 9.59 Å². The highest BCUT2D eigenvalue weighted by Crippen LogP contribution is 2.31. The Morgan fingerprint density at radius 2 is 1.81 bits per heavy atom. The normalized spacial score (nSPS) is 12.0. The quantitative estimate of drug-likeness (QED) is 0.611. The Hall–Kier alpha value is -2.38. The fraction of sp³-hybridized carbons (Fsp3) is 0.250. The maximum atomic E-state index is 12.3. The van der Waals surface area contributed by atoms with Gasteiger partial charge in [0.05, 0.1) is 22.0 Å². The second-order valence-corrected chi connectivity index (χ2v) is 8.86. The van der Waals surface area contributed by atoms with Crippen LogP contribution in [0, 0.1) is 13.8 Å². The molecule has 1 aromatic heterocycles. The lowest BCUT2D eigenvalue weighted by molar-refractivity contribution is -0.123. The predicted octanol–water partition coefficient (Wildman–Crippen LogP) is 4.15. The summed E-state index contributed by atoms with van der Waals surface area (Å²) in [6.45, 7) is 5.64. The highest BCUT2D eigenvalue weighted by molar-refractivity contribution is 8.02. The molecule has 3 aromatic rings. The third kappa shape index (κ3) is 4.87. The minimum atomic E-state index is -0.335. The number of para-hydroxylation sites is 2. The van der Waals surface area contributed by atoms with E-state index in [1.54, 1.807) is 11.3 Å². The number of anilines is 1. The maximum Gasteiger partial charge on any atom is 0.243 e. The number of hydrogen-bond acceptors (Lipinski definition) is 5. The molecule has 0 aliphatic heterocycles. The number of hydrogen-bond donors (Lipinski definition) is 2. The van der Waals surface area contributed by atoms with Gasteiger partial charge in [-0.1, -0.05) is 42.1 Å². The zero-order valence-corrected chi connectivity index (χ0v) is 17.0. The number of carbonyl (C=O) groups excluding carboxylic acids is 2. The van der Waals surface area contributed by atoms with Crippen LogP contribution in [0.1, 0.15) is 18.1 Å². The van der Waals surface area contributed by atoms with Crippen molar-refractivity contribution in [2.45, 2.75) is 30.4 Å². The molecule has 27 heavy (non-hydrogen) atoms. The fourth-order valence-electron chi connectivity index (χ4n) is 2.61. The molecule has 0 saturated carbocycles. The van der Waals surface area contributed by atoms with Crippen LogP contribution in [-0.4, -0.2) is 28.6 Å². The number of aromatic nitrogens is 1. The molecule has 0 saturated heterocycles. The fourth-order valence-corrected chi connectivity index (χ4v) is 4.85. The first kappa shape index (κ1) is 19.4. The Morgan fingerprint density at radius 1 is 1.11 bits per heavy atom. The van der Waals surface area contributed by atoms with Crippen LogP contribution in [0.25, 0.3) is 10.2 Å². The van der Waals surface area contributed by atoms with Crippen LogP contribution in [0.5, 0.6) is 0 Å². The van der Waals surface area contributed by atoms with Crippen molar-refractivity contribution in [3.8, 4) is 0 Å². The molecule has 0 unspecified atom stereocenters. The number of rotatable bonds is 6. The molecule has 1 heterocycles. The standard InChI is InChI=1S/C20H21N3O2S2/c1-12-7-6-8-13(2)18(12)23-17(24)11-21-19(25)14(3)26-20-22-15-9-4-5-10-16(15)27-20/h4-10,14H,11H2,1-3H3,(H,21,25)(H,23,24)/t14-/m1/s1. The number of aryl methyl sites for hydroxylation is 2. The summed E-state index contributed by atoms with van der Waals surface area (Å²) in [5.74, 6) is -0.422. The van der Waals surface area contributed by atoms with Crippen molar-refractivity contribution < 1.29 is 9.59 Å². The third-order valence-corrected chi connectivity index (χ3v) is 6.32. The Balaban J connectivity index is 1.53. The average molecular weight is 400 g/mol.